The summed E-state index contributed by atoms with van der Waals surface area (Å²) in [5.41, 5.74) is 1.06. The molecular formula is C12H14N2O4. The number of hydrogen-bond acceptors (Lipinski definition) is 4. The van der Waals surface area contributed by atoms with E-state index in [0.29, 0.717) is 11.4 Å². The molecule has 2 N–H and O–H groups in total. The monoisotopic (exact) mass is 250 g/mol. The molecule has 6 nitrogen and oxygen atoms in total. The van der Waals surface area contributed by atoms with Gasteiger partial charge in [0.25, 0.3) is 0 Å². The van der Waals surface area contributed by atoms with Gasteiger partial charge >= 0.3 is 5.97 Å². The Morgan fingerprint density at radius 2 is 1.78 bits per heavy atom. The van der Waals surface area contributed by atoms with Crippen molar-refractivity contribution in [3.63, 3.8) is 0 Å². The first kappa shape index (κ1) is 13.7. The number of carbonyl (C=O) groups excluding carboxylic acids is 3. The number of rotatable bonds is 4. The first-order chi connectivity index (χ1) is 8.51. The third kappa shape index (κ3) is 4.65. The van der Waals surface area contributed by atoms with Crippen LogP contribution in [0.2, 0.25) is 0 Å². The Labute approximate surface area is 104 Å². The highest BCUT2D eigenvalue weighted by Gasteiger charge is 2.09. The van der Waals surface area contributed by atoms with Gasteiger partial charge in [-0.25, -0.2) is 0 Å². The van der Waals surface area contributed by atoms with Crippen molar-refractivity contribution < 1.29 is 19.1 Å². The summed E-state index contributed by atoms with van der Waals surface area (Å²) in [7, 11) is 1.22. The van der Waals surface area contributed by atoms with Crippen LogP contribution >= 0.6 is 0 Å². The lowest BCUT2D eigenvalue weighted by Gasteiger charge is -2.07. The summed E-state index contributed by atoms with van der Waals surface area (Å²) < 4.78 is 4.38. The third-order valence-corrected chi connectivity index (χ3v) is 2.00. The van der Waals surface area contributed by atoms with Crippen molar-refractivity contribution in [3.8, 4) is 0 Å². The number of esters is 1. The molecule has 0 spiro atoms. The molecular weight excluding hydrogens is 236 g/mol. The van der Waals surface area contributed by atoms with Crippen molar-refractivity contribution in [1.82, 2.24) is 0 Å². The van der Waals surface area contributed by atoms with Crippen molar-refractivity contribution in [3.05, 3.63) is 24.3 Å². The minimum Gasteiger partial charge on any atom is -0.469 e. The summed E-state index contributed by atoms with van der Waals surface area (Å²) in [5, 5.41) is 5.12. The van der Waals surface area contributed by atoms with E-state index < -0.39 is 11.9 Å². The van der Waals surface area contributed by atoms with Gasteiger partial charge in [0.15, 0.2) is 0 Å². The van der Waals surface area contributed by atoms with Crippen molar-refractivity contribution in [1.29, 1.82) is 0 Å². The fraction of sp³-hybridized carbons (Fsp3) is 0.250. The third-order valence-electron chi connectivity index (χ3n) is 2.00. The molecule has 0 aliphatic carbocycles. The van der Waals surface area contributed by atoms with Gasteiger partial charge in [0.2, 0.25) is 11.8 Å². The Kier molecular flexibility index (Phi) is 4.86. The van der Waals surface area contributed by atoms with Crippen molar-refractivity contribution in [2.45, 2.75) is 13.3 Å². The van der Waals surface area contributed by atoms with Crippen LogP contribution in [-0.2, 0) is 19.1 Å². The zero-order valence-electron chi connectivity index (χ0n) is 10.1. The van der Waals surface area contributed by atoms with Gasteiger partial charge in [-0.05, 0) is 18.2 Å². The second-order valence-corrected chi connectivity index (χ2v) is 3.56. The van der Waals surface area contributed by atoms with Crippen LogP contribution in [0.25, 0.3) is 0 Å². The molecule has 6 heteroatoms. The molecule has 0 saturated carbocycles. The predicted octanol–water partition coefficient (Wildman–Crippen LogP) is 1.15. The highest BCUT2D eigenvalue weighted by atomic mass is 16.5. The van der Waals surface area contributed by atoms with Gasteiger partial charge in [-0.1, -0.05) is 6.07 Å². The van der Waals surface area contributed by atoms with E-state index in [-0.39, 0.29) is 12.3 Å². The molecule has 0 heterocycles. The summed E-state index contributed by atoms with van der Waals surface area (Å²) in [5.74, 6) is -1.28. The van der Waals surface area contributed by atoms with E-state index in [1.165, 1.54) is 14.0 Å². The van der Waals surface area contributed by atoms with Crippen LogP contribution < -0.4 is 10.6 Å². The van der Waals surface area contributed by atoms with Crippen molar-refractivity contribution in [2.75, 3.05) is 17.7 Å². The van der Waals surface area contributed by atoms with Gasteiger partial charge in [0.05, 0.1) is 7.11 Å². The molecule has 0 bridgehead atoms. The van der Waals surface area contributed by atoms with Crippen molar-refractivity contribution in [2.24, 2.45) is 0 Å². The zero-order valence-corrected chi connectivity index (χ0v) is 10.1. The lowest BCUT2D eigenvalue weighted by atomic mass is 10.2. The van der Waals surface area contributed by atoms with Crippen molar-refractivity contribution >= 4 is 29.2 Å². The van der Waals surface area contributed by atoms with E-state index >= 15 is 0 Å². The molecule has 0 aromatic heterocycles. The Morgan fingerprint density at radius 3 is 2.33 bits per heavy atom. The van der Waals surface area contributed by atoms with E-state index in [0.717, 1.165) is 0 Å². The predicted molar refractivity (Wildman–Crippen MR) is 66.0 cm³/mol. The van der Waals surface area contributed by atoms with Gasteiger partial charge < -0.3 is 15.4 Å². The lowest BCUT2D eigenvalue weighted by molar-refractivity contribution is -0.142. The molecule has 1 aromatic carbocycles. The Bertz CT molecular complexity index is 471. The number of carbonyl (C=O) groups is 3. The van der Waals surface area contributed by atoms with E-state index in [1.54, 1.807) is 24.3 Å². The van der Waals surface area contributed by atoms with Crippen LogP contribution in [0.3, 0.4) is 0 Å². The van der Waals surface area contributed by atoms with Gasteiger partial charge in [0.1, 0.15) is 6.42 Å². The van der Waals surface area contributed by atoms with Crippen LogP contribution in [0.15, 0.2) is 24.3 Å². The lowest BCUT2D eigenvalue weighted by Crippen LogP contribution is -2.17. The molecule has 0 aliphatic rings. The summed E-state index contributed by atoms with van der Waals surface area (Å²) in [6.07, 6.45) is -0.346. The summed E-state index contributed by atoms with van der Waals surface area (Å²) >= 11 is 0. The van der Waals surface area contributed by atoms with E-state index in [9.17, 15) is 14.4 Å². The standard InChI is InChI=1S/C12H14N2O4/c1-8(15)13-9-4-3-5-10(6-9)14-11(16)7-12(17)18-2/h3-6H,7H2,1-2H3,(H,13,15)(H,14,16). The molecule has 96 valence electrons. The number of amides is 2. The molecule has 1 rings (SSSR count). The molecule has 1 aromatic rings. The van der Waals surface area contributed by atoms with Gasteiger partial charge in [-0.2, -0.15) is 0 Å². The Balaban J connectivity index is 2.64. The van der Waals surface area contributed by atoms with Crippen LogP contribution in [0.1, 0.15) is 13.3 Å². The van der Waals surface area contributed by atoms with E-state index in [4.69, 9.17) is 0 Å². The first-order valence-electron chi connectivity index (χ1n) is 5.25. The highest BCUT2D eigenvalue weighted by molar-refractivity contribution is 6.02. The molecule has 0 unspecified atom stereocenters. The molecule has 0 aliphatic heterocycles. The second-order valence-electron chi connectivity index (χ2n) is 3.56. The number of benzene rings is 1. The summed E-state index contributed by atoms with van der Waals surface area (Å²) in [6, 6.07) is 6.62. The molecule has 0 atom stereocenters. The fourth-order valence-electron chi connectivity index (χ4n) is 1.29. The second kappa shape index (κ2) is 6.39. The molecule has 0 radical (unpaired) electrons. The topological polar surface area (TPSA) is 84.5 Å². The van der Waals surface area contributed by atoms with E-state index in [1.807, 2.05) is 0 Å². The van der Waals surface area contributed by atoms with Gasteiger partial charge in [-0.15, -0.1) is 0 Å². The summed E-state index contributed by atoms with van der Waals surface area (Å²) in [6.45, 7) is 1.39. The van der Waals surface area contributed by atoms with E-state index in [2.05, 4.69) is 15.4 Å². The quantitative estimate of drug-likeness (QED) is 0.620. The number of nitrogens with one attached hydrogen (secondary N) is 2. The number of methoxy groups -OCH3 is 1. The normalized spacial score (nSPS) is 9.44. The minimum absolute atomic E-state index is 0.201. The highest BCUT2D eigenvalue weighted by Crippen LogP contribution is 2.15. The van der Waals surface area contributed by atoms with Crippen LogP contribution in [0.4, 0.5) is 11.4 Å². The van der Waals surface area contributed by atoms with Gasteiger partial charge in [-0.3, -0.25) is 14.4 Å². The average molecular weight is 250 g/mol. The van der Waals surface area contributed by atoms with Crippen LogP contribution in [0.5, 0.6) is 0 Å². The largest absolute Gasteiger partial charge is 0.469 e. The summed E-state index contributed by atoms with van der Waals surface area (Å²) in [4.78, 5) is 33.2. The number of hydrogen-bond donors (Lipinski definition) is 2. The minimum atomic E-state index is -0.606. The molecule has 18 heavy (non-hydrogen) atoms. The zero-order chi connectivity index (χ0) is 13.5. The molecule has 2 amide bonds. The van der Waals surface area contributed by atoms with Crippen LogP contribution in [0, 0.1) is 0 Å². The maximum absolute atomic E-state index is 11.4. The molecule has 0 saturated heterocycles. The Hall–Kier alpha value is -2.37. The maximum atomic E-state index is 11.4. The maximum Gasteiger partial charge on any atom is 0.315 e. The SMILES string of the molecule is COC(=O)CC(=O)Nc1cccc(NC(C)=O)c1. The van der Waals surface area contributed by atoms with Gasteiger partial charge in [0, 0.05) is 18.3 Å². The Morgan fingerprint density at radius 1 is 1.17 bits per heavy atom. The number of anilines is 2. The fourth-order valence-corrected chi connectivity index (χ4v) is 1.29. The smallest absolute Gasteiger partial charge is 0.315 e. The van der Waals surface area contributed by atoms with Crippen LogP contribution in [-0.4, -0.2) is 24.9 Å². The molecule has 0 fully saturated rings. The average Bonchev–Trinajstić information content (AvgIpc) is 2.28. The first-order valence-corrected chi connectivity index (χ1v) is 5.25. The number of ether oxygens (including phenoxy) is 1.